The Morgan fingerprint density at radius 3 is 2.90 bits per heavy atom. The molecule has 2 aliphatic heterocycles. The second-order valence-corrected chi connectivity index (χ2v) is 6.05. The van der Waals surface area contributed by atoms with Crippen molar-refractivity contribution in [2.75, 3.05) is 26.7 Å². The number of amides is 1. The predicted octanol–water partition coefficient (Wildman–Crippen LogP) is 2.07. The third kappa shape index (κ3) is 2.43. The largest absolute Gasteiger partial charge is 0.508 e. The van der Waals surface area contributed by atoms with Gasteiger partial charge in [0.2, 0.25) is 0 Å². The van der Waals surface area contributed by atoms with E-state index in [9.17, 15) is 9.90 Å². The SMILES string of the molecule is CN1C[C@@]2(CCN(Cc3ccc(O)cc3Cl)C2)OC1=O. The average molecular weight is 297 g/mol. The Kier molecular flexibility index (Phi) is 3.26. The lowest BCUT2D eigenvalue weighted by Gasteiger charge is -2.22. The number of likely N-dealkylation sites (N-methyl/N-ethyl adjacent to an activating group) is 1. The van der Waals surface area contributed by atoms with Gasteiger partial charge in [-0.05, 0) is 17.7 Å². The Hall–Kier alpha value is -1.46. The fourth-order valence-corrected chi connectivity index (χ4v) is 3.21. The number of hydrogen-bond acceptors (Lipinski definition) is 4. The molecule has 0 aliphatic carbocycles. The van der Waals surface area contributed by atoms with Crippen molar-refractivity contribution in [3.05, 3.63) is 28.8 Å². The standard InChI is InChI=1S/C14H17ClN2O3/c1-16-8-14(20-13(16)19)4-5-17(9-14)7-10-2-3-11(18)6-12(10)15/h2-3,6,18H,4-5,7-9H2,1H3/t14-/m1/s1. The highest BCUT2D eigenvalue weighted by molar-refractivity contribution is 6.31. The van der Waals surface area contributed by atoms with Crippen molar-refractivity contribution in [3.8, 4) is 5.75 Å². The lowest BCUT2D eigenvalue weighted by atomic mass is 10.0. The van der Waals surface area contributed by atoms with Gasteiger partial charge in [0.15, 0.2) is 0 Å². The van der Waals surface area contributed by atoms with E-state index < -0.39 is 0 Å². The maximum Gasteiger partial charge on any atom is 0.410 e. The molecule has 1 N–H and O–H groups in total. The van der Waals surface area contributed by atoms with Crippen LogP contribution in [0, 0.1) is 0 Å². The Balaban J connectivity index is 1.68. The summed E-state index contributed by atoms with van der Waals surface area (Å²) in [5, 5.41) is 9.92. The highest BCUT2D eigenvalue weighted by Gasteiger charge is 2.48. The van der Waals surface area contributed by atoms with Gasteiger partial charge in [-0.3, -0.25) is 4.90 Å². The minimum atomic E-state index is -0.366. The molecule has 2 heterocycles. The molecule has 2 saturated heterocycles. The molecular formula is C14H17ClN2O3. The lowest BCUT2D eigenvalue weighted by molar-refractivity contribution is 0.0627. The van der Waals surface area contributed by atoms with Gasteiger partial charge >= 0.3 is 6.09 Å². The number of carbonyl (C=O) groups is 1. The minimum Gasteiger partial charge on any atom is -0.508 e. The smallest absolute Gasteiger partial charge is 0.410 e. The van der Waals surface area contributed by atoms with E-state index in [-0.39, 0.29) is 17.4 Å². The van der Waals surface area contributed by atoms with Crippen LogP contribution in [0.2, 0.25) is 5.02 Å². The van der Waals surface area contributed by atoms with E-state index in [2.05, 4.69) is 4.90 Å². The molecule has 0 saturated carbocycles. The number of phenols is 1. The molecule has 6 heteroatoms. The zero-order chi connectivity index (χ0) is 14.3. The molecule has 0 aromatic heterocycles. The van der Waals surface area contributed by atoms with Gasteiger partial charge in [0, 0.05) is 38.1 Å². The first-order valence-corrected chi connectivity index (χ1v) is 6.99. The van der Waals surface area contributed by atoms with Gasteiger partial charge in [-0.2, -0.15) is 0 Å². The van der Waals surface area contributed by atoms with E-state index in [1.54, 1.807) is 24.1 Å². The van der Waals surface area contributed by atoms with Crippen LogP contribution in [0.3, 0.4) is 0 Å². The van der Waals surface area contributed by atoms with Crippen molar-refractivity contribution in [1.82, 2.24) is 9.80 Å². The van der Waals surface area contributed by atoms with Gasteiger partial charge in [0.05, 0.1) is 6.54 Å². The second kappa shape index (κ2) is 4.82. The number of benzene rings is 1. The zero-order valence-electron chi connectivity index (χ0n) is 11.3. The summed E-state index contributed by atoms with van der Waals surface area (Å²) in [4.78, 5) is 15.4. The van der Waals surface area contributed by atoms with Gasteiger partial charge in [-0.1, -0.05) is 17.7 Å². The van der Waals surface area contributed by atoms with Gasteiger partial charge in [-0.25, -0.2) is 4.79 Å². The molecule has 5 nitrogen and oxygen atoms in total. The molecule has 2 fully saturated rings. The molecule has 1 aromatic rings. The van der Waals surface area contributed by atoms with Crippen LogP contribution in [0.25, 0.3) is 0 Å². The molecule has 0 radical (unpaired) electrons. The van der Waals surface area contributed by atoms with E-state index in [1.807, 2.05) is 6.07 Å². The molecule has 2 aliphatic rings. The van der Waals surface area contributed by atoms with Crippen LogP contribution in [0.5, 0.6) is 5.75 Å². The van der Waals surface area contributed by atoms with E-state index in [4.69, 9.17) is 16.3 Å². The second-order valence-electron chi connectivity index (χ2n) is 5.64. The van der Waals surface area contributed by atoms with Crippen LogP contribution in [-0.2, 0) is 11.3 Å². The molecule has 3 rings (SSSR count). The average Bonchev–Trinajstić information content (AvgIpc) is 2.88. The van der Waals surface area contributed by atoms with Gasteiger partial charge in [0.1, 0.15) is 11.4 Å². The number of hydrogen-bond donors (Lipinski definition) is 1. The van der Waals surface area contributed by atoms with E-state index in [1.165, 1.54) is 0 Å². The van der Waals surface area contributed by atoms with Gasteiger partial charge < -0.3 is 14.7 Å². The van der Waals surface area contributed by atoms with Crippen molar-refractivity contribution >= 4 is 17.7 Å². The number of likely N-dealkylation sites (tertiary alicyclic amines) is 1. The molecule has 1 spiro atoms. The van der Waals surface area contributed by atoms with Crippen LogP contribution in [0.15, 0.2) is 18.2 Å². The first-order chi connectivity index (χ1) is 9.47. The number of phenolic OH excluding ortho intramolecular Hbond substituents is 1. The number of rotatable bonds is 2. The Labute approximate surface area is 122 Å². The summed E-state index contributed by atoms with van der Waals surface area (Å²) in [6.07, 6.45) is 0.605. The number of carbonyl (C=O) groups excluding carboxylic acids is 1. The van der Waals surface area contributed by atoms with Crippen molar-refractivity contribution in [3.63, 3.8) is 0 Å². The summed E-state index contributed by atoms with van der Waals surface area (Å²) >= 11 is 6.13. The molecule has 1 amide bonds. The molecule has 1 atom stereocenters. The maximum atomic E-state index is 11.5. The van der Waals surface area contributed by atoms with E-state index >= 15 is 0 Å². The first kappa shape index (κ1) is 13.5. The highest BCUT2D eigenvalue weighted by atomic mass is 35.5. The fraction of sp³-hybridized carbons (Fsp3) is 0.500. The lowest BCUT2D eigenvalue weighted by Crippen LogP contribution is -2.37. The Morgan fingerprint density at radius 2 is 2.25 bits per heavy atom. The van der Waals surface area contributed by atoms with Crippen LogP contribution < -0.4 is 0 Å². The Bertz CT molecular complexity index is 551. The molecular weight excluding hydrogens is 280 g/mol. The number of ether oxygens (including phenoxy) is 1. The summed E-state index contributed by atoms with van der Waals surface area (Å²) in [5.41, 5.74) is 0.606. The third-order valence-corrected chi connectivity index (χ3v) is 4.32. The van der Waals surface area contributed by atoms with Crippen molar-refractivity contribution < 1.29 is 14.6 Å². The Morgan fingerprint density at radius 1 is 1.45 bits per heavy atom. The fourth-order valence-electron chi connectivity index (χ4n) is 2.97. The number of halogens is 1. The predicted molar refractivity (Wildman–Crippen MR) is 74.9 cm³/mol. The summed E-state index contributed by atoms with van der Waals surface area (Å²) in [6.45, 7) is 2.94. The number of aromatic hydroxyl groups is 1. The van der Waals surface area contributed by atoms with Crippen molar-refractivity contribution in [2.24, 2.45) is 0 Å². The molecule has 108 valence electrons. The topological polar surface area (TPSA) is 53.0 Å². The first-order valence-electron chi connectivity index (χ1n) is 6.61. The van der Waals surface area contributed by atoms with Crippen LogP contribution in [0.4, 0.5) is 4.79 Å². The maximum absolute atomic E-state index is 11.5. The summed E-state index contributed by atoms with van der Waals surface area (Å²) in [7, 11) is 1.76. The molecule has 0 unspecified atom stereocenters. The zero-order valence-corrected chi connectivity index (χ0v) is 12.1. The van der Waals surface area contributed by atoms with Gasteiger partial charge in [-0.15, -0.1) is 0 Å². The van der Waals surface area contributed by atoms with Crippen LogP contribution in [-0.4, -0.2) is 53.3 Å². The summed E-state index contributed by atoms with van der Waals surface area (Å²) < 4.78 is 5.51. The summed E-state index contributed by atoms with van der Waals surface area (Å²) in [5.74, 6) is 0.169. The van der Waals surface area contributed by atoms with Crippen LogP contribution >= 0.6 is 11.6 Å². The van der Waals surface area contributed by atoms with Crippen molar-refractivity contribution in [1.29, 1.82) is 0 Å². The van der Waals surface area contributed by atoms with Crippen LogP contribution in [0.1, 0.15) is 12.0 Å². The summed E-state index contributed by atoms with van der Waals surface area (Å²) in [6, 6.07) is 5.01. The highest BCUT2D eigenvalue weighted by Crippen LogP contribution is 2.33. The van der Waals surface area contributed by atoms with Crippen molar-refractivity contribution in [2.45, 2.75) is 18.6 Å². The van der Waals surface area contributed by atoms with Gasteiger partial charge in [0.25, 0.3) is 0 Å². The quantitative estimate of drug-likeness (QED) is 0.908. The van der Waals surface area contributed by atoms with E-state index in [0.29, 0.717) is 18.1 Å². The monoisotopic (exact) mass is 296 g/mol. The normalized spacial score (nSPS) is 26.5. The molecule has 1 aromatic carbocycles. The third-order valence-electron chi connectivity index (χ3n) is 3.97. The minimum absolute atomic E-state index is 0.169. The van der Waals surface area contributed by atoms with E-state index in [0.717, 1.165) is 25.1 Å². The number of nitrogens with zero attached hydrogens (tertiary/aromatic N) is 2. The molecule has 0 bridgehead atoms. The molecule has 20 heavy (non-hydrogen) atoms.